The number of nitrogens with one attached hydrogen (secondary N) is 1. The number of aliphatic hydroxyl groups excluding tert-OH is 1. The van der Waals surface area contributed by atoms with E-state index in [0.717, 1.165) is 19.3 Å². The fraction of sp³-hybridized carbons (Fsp3) is 1.00. The Morgan fingerprint density at radius 1 is 0.826 bits per heavy atom. The summed E-state index contributed by atoms with van der Waals surface area (Å²) in [5, 5.41) is 10.8. The summed E-state index contributed by atoms with van der Waals surface area (Å²) in [7, 11) is -4.24. The Morgan fingerprint density at radius 2 is 1.22 bits per heavy atom. The van der Waals surface area contributed by atoms with Crippen molar-refractivity contribution < 1.29 is 18.1 Å². The largest absolute Gasteiger partial charge is 0.391 e. The number of unbranched alkanes of at least 4 members (excludes halogenated alkanes) is 11. The van der Waals surface area contributed by atoms with Crippen LogP contribution in [0.4, 0.5) is 0 Å². The van der Waals surface area contributed by atoms with Crippen molar-refractivity contribution >= 4 is 10.1 Å². The summed E-state index contributed by atoms with van der Waals surface area (Å²) in [6.45, 7) is 4.09. The van der Waals surface area contributed by atoms with Gasteiger partial charge in [0.15, 0.2) is 5.37 Å². The molecule has 0 aliphatic rings. The first-order chi connectivity index (χ1) is 10.9. The molecule has 0 aliphatic carbocycles. The fourth-order valence-corrected chi connectivity index (χ4v) is 3.56. The zero-order valence-corrected chi connectivity index (χ0v) is 15.8. The van der Waals surface area contributed by atoms with Crippen LogP contribution < -0.4 is 5.32 Å². The van der Waals surface area contributed by atoms with Gasteiger partial charge in [0.05, 0.1) is 6.10 Å². The third kappa shape index (κ3) is 13.9. The van der Waals surface area contributed by atoms with E-state index in [1.165, 1.54) is 64.7 Å². The minimum absolute atomic E-state index is 0.493. The lowest BCUT2D eigenvalue weighted by atomic mass is 10.1. The Hall–Kier alpha value is -0.170. The summed E-state index contributed by atoms with van der Waals surface area (Å²) in [4.78, 5) is 0. The monoisotopic (exact) mass is 351 g/mol. The summed E-state index contributed by atoms with van der Waals surface area (Å²) in [5.41, 5.74) is 0. The molecule has 0 rings (SSSR count). The second-order valence-electron chi connectivity index (χ2n) is 6.52. The molecule has 0 saturated carbocycles. The summed E-state index contributed by atoms with van der Waals surface area (Å²) in [6, 6.07) is 0. The van der Waals surface area contributed by atoms with Crippen LogP contribution in [-0.2, 0) is 10.1 Å². The quantitative estimate of drug-likeness (QED) is 0.290. The molecule has 23 heavy (non-hydrogen) atoms. The van der Waals surface area contributed by atoms with Gasteiger partial charge in [0.2, 0.25) is 0 Å². The van der Waals surface area contributed by atoms with Crippen LogP contribution in [0, 0.1) is 0 Å². The Labute approximate surface area is 143 Å². The van der Waals surface area contributed by atoms with E-state index in [0.29, 0.717) is 6.54 Å². The lowest BCUT2D eigenvalue weighted by Crippen LogP contribution is -2.44. The SMILES string of the molecule is CCCCCCCCCCCCCCNC(C(C)O)S(=O)(=O)O. The van der Waals surface area contributed by atoms with Gasteiger partial charge in [-0.2, -0.15) is 8.42 Å². The van der Waals surface area contributed by atoms with Crippen molar-refractivity contribution in [3.8, 4) is 0 Å². The van der Waals surface area contributed by atoms with Gasteiger partial charge in [-0.3, -0.25) is 9.87 Å². The molecule has 0 amide bonds. The van der Waals surface area contributed by atoms with Crippen LogP contribution in [0.1, 0.15) is 90.9 Å². The van der Waals surface area contributed by atoms with Crippen LogP contribution in [0.25, 0.3) is 0 Å². The van der Waals surface area contributed by atoms with E-state index >= 15 is 0 Å². The maximum absolute atomic E-state index is 11.1. The van der Waals surface area contributed by atoms with Crippen molar-refractivity contribution in [1.82, 2.24) is 5.32 Å². The number of hydrogen-bond donors (Lipinski definition) is 3. The summed E-state index contributed by atoms with van der Waals surface area (Å²) in [6.07, 6.45) is 13.9. The molecule has 0 fully saturated rings. The molecule has 3 N–H and O–H groups in total. The molecule has 6 heteroatoms. The van der Waals surface area contributed by atoms with Crippen molar-refractivity contribution in [3.63, 3.8) is 0 Å². The standard InChI is InChI=1S/C17H37NO4S/c1-3-4-5-6-7-8-9-10-11-12-13-14-15-18-17(16(2)19)23(20,21)22/h16-19H,3-15H2,1-2H3,(H,20,21,22). The van der Waals surface area contributed by atoms with Gasteiger partial charge in [-0.15, -0.1) is 0 Å². The van der Waals surface area contributed by atoms with Crippen LogP contribution in [0.2, 0.25) is 0 Å². The van der Waals surface area contributed by atoms with Gasteiger partial charge < -0.3 is 5.11 Å². The molecule has 5 nitrogen and oxygen atoms in total. The predicted molar refractivity (Wildman–Crippen MR) is 96.1 cm³/mol. The van der Waals surface area contributed by atoms with E-state index in [1.54, 1.807) is 0 Å². The van der Waals surface area contributed by atoms with Gasteiger partial charge in [-0.1, -0.05) is 77.6 Å². The molecule has 0 radical (unpaired) electrons. The molecule has 140 valence electrons. The zero-order chi connectivity index (χ0) is 17.6. The number of aliphatic hydroxyl groups is 1. The van der Waals surface area contributed by atoms with Crippen LogP contribution >= 0.6 is 0 Å². The minimum atomic E-state index is -4.24. The minimum Gasteiger partial charge on any atom is -0.391 e. The molecule has 0 heterocycles. The zero-order valence-electron chi connectivity index (χ0n) is 15.0. The third-order valence-electron chi connectivity index (χ3n) is 4.13. The smallest absolute Gasteiger partial charge is 0.283 e. The molecule has 0 aromatic carbocycles. The van der Waals surface area contributed by atoms with E-state index in [9.17, 15) is 13.5 Å². The van der Waals surface area contributed by atoms with Crippen LogP contribution in [0.5, 0.6) is 0 Å². The van der Waals surface area contributed by atoms with Crippen molar-refractivity contribution in [1.29, 1.82) is 0 Å². The third-order valence-corrected chi connectivity index (χ3v) is 5.34. The summed E-state index contributed by atoms with van der Waals surface area (Å²) >= 11 is 0. The summed E-state index contributed by atoms with van der Waals surface area (Å²) in [5.74, 6) is 0. The Morgan fingerprint density at radius 3 is 1.57 bits per heavy atom. The Balaban J connectivity index is 3.39. The van der Waals surface area contributed by atoms with Gasteiger partial charge in [0.1, 0.15) is 0 Å². The Kier molecular flexibility index (Phi) is 14.1. The average Bonchev–Trinajstić information content (AvgIpc) is 2.46. The highest BCUT2D eigenvalue weighted by atomic mass is 32.2. The predicted octanol–water partition coefficient (Wildman–Crippen LogP) is 3.87. The maximum Gasteiger partial charge on any atom is 0.283 e. The first-order valence-corrected chi connectivity index (χ1v) is 10.8. The highest BCUT2D eigenvalue weighted by molar-refractivity contribution is 7.86. The normalized spacial score (nSPS) is 14.8. The van der Waals surface area contributed by atoms with Crippen molar-refractivity contribution in [2.45, 2.75) is 102 Å². The van der Waals surface area contributed by atoms with Crippen molar-refractivity contribution in [3.05, 3.63) is 0 Å². The van der Waals surface area contributed by atoms with Gasteiger partial charge in [0, 0.05) is 0 Å². The molecule has 2 atom stereocenters. The highest BCUT2D eigenvalue weighted by Crippen LogP contribution is 2.12. The molecule has 2 unspecified atom stereocenters. The molecule has 0 spiro atoms. The van der Waals surface area contributed by atoms with E-state index in [-0.39, 0.29) is 0 Å². The van der Waals surface area contributed by atoms with Crippen molar-refractivity contribution in [2.75, 3.05) is 6.54 Å². The van der Waals surface area contributed by atoms with Gasteiger partial charge in [0.25, 0.3) is 10.1 Å². The van der Waals surface area contributed by atoms with Crippen LogP contribution in [-0.4, -0.2) is 36.1 Å². The van der Waals surface area contributed by atoms with Crippen LogP contribution in [0.15, 0.2) is 0 Å². The average molecular weight is 352 g/mol. The van der Waals surface area contributed by atoms with E-state index < -0.39 is 21.6 Å². The first kappa shape index (κ1) is 22.8. The molecule has 0 aromatic heterocycles. The number of hydrogen-bond acceptors (Lipinski definition) is 4. The maximum atomic E-state index is 11.1. The molecule has 0 aliphatic heterocycles. The van der Waals surface area contributed by atoms with Gasteiger partial charge in [-0.05, 0) is 19.9 Å². The number of rotatable bonds is 16. The lowest BCUT2D eigenvalue weighted by Gasteiger charge is -2.18. The molecule has 0 aromatic rings. The second kappa shape index (κ2) is 14.2. The van der Waals surface area contributed by atoms with Crippen LogP contribution in [0.3, 0.4) is 0 Å². The first-order valence-electron chi connectivity index (χ1n) is 9.27. The molecule has 0 bridgehead atoms. The summed E-state index contributed by atoms with van der Waals surface area (Å²) < 4.78 is 31.1. The molecular formula is C17H37NO4S. The fourth-order valence-electron chi connectivity index (χ4n) is 2.74. The van der Waals surface area contributed by atoms with Gasteiger partial charge in [-0.25, -0.2) is 0 Å². The van der Waals surface area contributed by atoms with E-state index in [1.807, 2.05) is 0 Å². The highest BCUT2D eigenvalue weighted by Gasteiger charge is 2.26. The topological polar surface area (TPSA) is 86.6 Å². The molecular weight excluding hydrogens is 314 g/mol. The second-order valence-corrected chi connectivity index (χ2v) is 8.06. The Bertz CT molecular complexity index is 358. The van der Waals surface area contributed by atoms with Gasteiger partial charge >= 0.3 is 0 Å². The lowest BCUT2D eigenvalue weighted by molar-refractivity contribution is 0.170. The van der Waals surface area contributed by atoms with E-state index in [2.05, 4.69) is 12.2 Å². The molecule has 0 saturated heterocycles. The van der Waals surface area contributed by atoms with Crippen molar-refractivity contribution in [2.24, 2.45) is 0 Å². The van der Waals surface area contributed by atoms with E-state index in [4.69, 9.17) is 4.55 Å².